The van der Waals surface area contributed by atoms with Crippen molar-refractivity contribution in [2.45, 2.75) is 19.8 Å². The van der Waals surface area contributed by atoms with Crippen LogP contribution < -0.4 is 5.32 Å². The predicted molar refractivity (Wildman–Crippen MR) is 57.2 cm³/mol. The second-order valence-corrected chi connectivity index (χ2v) is 3.31. The zero-order valence-corrected chi connectivity index (χ0v) is 9.31. The Kier molecular flexibility index (Phi) is 9.87. The summed E-state index contributed by atoms with van der Waals surface area (Å²) in [6.45, 7) is 7.07. The molecule has 0 saturated heterocycles. The molecule has 0 amide bonds. The van der Waals surface area contributed by atoms with Gasteiger partial charge in [0.05, 0.1) is 6.61 Å². The molecule has 0 bridgehead atoms. The van der Waals surface area contributed by atoms with Gasteiger partial charge in [0.1, 0.15) is 0 Å². The largest absolute Gasteiger partial charge is 0.380 e. The molecule has 0 radical (unpaired) electrons. The highest BCUT2D eigenvalue weighted by molar-refractivity contribution is 4.52. The number of nitrogens with zero attached hydrogens (tertiary/aromatic N) is 1. The number of hydrogen-bond donors (Lipinski definition) is 1. The van der Waals surface area contributed by atoms with Crippen LogP contribution in [-0.4, -0.2) is 51.8 Å². The van der Waals surface area contributed by atoms with E-state index in [1.165, 1.54) is 19.4 Å². The van der Waals surface area contributed by atoms with Gasteiger partial charge in [-0.05, 0) is 47.0 Å². The molecule has 80 valence electrons. The zero-order chi connectivity index (χ0) is 9.94. The van der Waals surface area contributed by atoms with Crippen molar-refractivity contribution in [3.8, 4) is 0 Å². The number of ether oxygens (including phenoxy) is 1. The van der Waals surface area contributed by atoms with E-state index >= 15 is 0 Å². The summed E-state index contributed by atoms with van der Waals surface area (Å²) in [6.07, 6.45) is 2.53. The average molecular weight is 188 g/mol. The van der Waals surface area contributed by atoms with Crippen molar-refractivity contribution in [3.63, 3.8) is 0 Å². The first-order valence-electron chi connectivity index (χ1n) is 5.22. The zero-order valence-electron chi connectivity index (χ0n) is 9.31. The van der Waals surface area contributed by atoms with Crippen molar-refractivity contribution in [3.05, 3.63) is 0 Å². The van der Waals surface area contributed by atoms with Gasteiger partial charge in [-0.15, -0.1) is 0 Å². The molecule has 0 saturated carbocycles. The Morgan fingerprint density at radius 1 is 1.23 bits per heavy atom. The van der Waals surface area contributed by atoms with E-state index in [-0.39, 0.29) is 0 Å². The first-order valence-corrected chi connectivity index (χ1v) is 5.22. The maximum Gasteiger partial charge on any atom is 0.0593 e. The highest BCUT2D eigenvalue weighted by Gasteiger charge is 1.96. The van der Waals surface area contributed by atoms with Crippen molar-refractivity contribution in [1.82, 2.24) is 10.2 Å². The highest BCUT2D eigenvalue weighted by Crippen LogP contribution is 1.91. The van der Waals surface area contributed by atoms with Crippen LogP contribution in [0.15, 0.2) is 0 Å². The summed E-state index contributed by atoms with van der Waals surface area (Å²) in [5.74, 6) is 0. The average Bonchev–Trinajstić information content (AvgIpc) is 2.13. The van der Waals surface area contributed by atoms with Gasteiger partial charge in [-0.25, -0.2) is 0 Å². The molecular formula is C10H24N2O. The van der Waals surface area contributed by atoms with Crippen LogP contribution in [0.25, 0.3) is 0 Å². The Morgan fingerprint density at radius 3 is 2.62 bits per heavy atom. The molecule has 0 aliphatic heterocycles. The molecule has 0 aromatic rings. The van der Waals surface area contributed by atoms with Crippen molar-refractivity contribution in [1.29, 1.82) is 0 Å². The number of nitrogens with one attached hydrogen (secondary N) is 1. The summed E-state index contributed by atoms with van der Waals surface area (Å²) in [6, 6.07) is 0. The maximum absolute atomic E-state index is 5.28. The molecule has 0 unspecified atom stereocenters. The summed E-state index contributed by atoms with van der Waals surface area (Å²) < 4.78 is 5.28. The van der Waals surface area contributed by atoms with Gasteiger partial charge in [-0.1, -0.05) is 0 Å². The molecule has 0 atom stereocenters. The quantitative estimate of drug-likeness (QED) is 0.545. The number of unbranched alkanes of at least 4 members (excludes halogenated alkanes) is 1. The fourth-order valence-electron chi connectivity index (χ4n) is 1.16. The lowest BCUT2D eigenvalue weighted by atomic mass is 10.3. The number of likely N-dealkylation sites (N-methyl/N-ethyl adjacent to an activating group) is 1. The third-order valence-electron chi connectivity index (χ3n) is 2.04. The second kappa shape index (κ2) is 9.96. The number of rotatable bonds is 9. The van der Waals surface area contributed by atoms with Gasteiger partial charge in [-0.2, -0.15) is 0 Å². The molecular weight excluding hydrogens is 164 g/mol. The minimum Gasteiger partial charge on any atom is -0.380 e. The van der Waals surface area contributed by atoms with Crippen LogP contribution in [0.3, 0.4) is 0 Å². The van der Waals surface area contributed by atoms with E-state index in [9.17, 15) is 0 Å². The first kappa shape index (κ1) is 12.9. The Hall–Kier alpha value is -0.120. The molecule has 0 fully saturated rings. The summed E-state index contributed by atoms with van der Waals surface area (Å²) >= 11 is 0. The van der Waals surface area contributed by atoms with Crippen molar-refractivity contribution in [2.24, 2.45) is 0 Å². The molecule has 0 aromatic carbocycles. The van der Waals surface area contributed by atoms with Crippen LogP contribution in [0.2, 0.25) is 0 Å². The third kappa shape index (κ3) is 9.80. The Balaban J connectivity index is 3.05. The van der Waals surface area contributed by atoms with Crippen LogP contribution in [0, 0.1) is 0 Å². The van der Waals surface area contributed by atoms with Crippen LogP contribution in [-0.2, 0) is 4.74 Å². The lowest BCUT2D eigenvalue weighted by molar-refractivity contribution is 0.121. The van der Waals surface area contributed by atoms with Gasteiger partial charge in [0, 0.05) is 13.2 Å². The normalized spacial score (nSPS) is 11.1. The second-order valence-electron chi connectivity index (χ2n) is 3.31. The van der Waals surface area contributed by atoms with Crippen LogP contribution >= 0.6 is 0 Å². The Bertz CT molecular complexity index is 98.9. The lowest BCUT2D eigenvalue weighted by Gasteiger charge is -2.15. The predicted octanol–water partition coefficient (Wildman–Crippen LogP) is 0.954. The Labute approximate surface area is 82.4 Å². The molecule has 0 rings (SSSR count). The molecule has 13 heavy (non-hydrogen) atoms. The number of hydrogen-bond acceptors (Lipinski definition) is 3. The summed E-state index contributed by atoms with van der Waals surface area (Å²) in [5, 5.41) is 3.15. The van der Waals surface area contributed by atoms with Gasteiger partial charge in [0.25, 0.3) is 0 Å². The molecule has 0 heterocycles. The van der Waals surface area contributed by atoms with Gasteiger partial charge in [0.15, 0.2) is 0 Å². The molecule has 0 aliphatic carbocycles. The molecule has 0 aromatic heterocycles. The van der Waals surface area contributed by atoms with E-state index in [1.54, 1.807) is 0 Å². The molecule has 3 nitrogen and oxygen atoms in total. The lowest BCUT2D eigenvalue weighted by Crippen LogP contribution is -2.25. The van der Waals surface area contributed by atoms with Crippen molar-refractivity contribution >= 4 is 0 Å². The summed E-state index contributed by atoms with van der Waals surface area (Å²) in [5.41, 5.74) is 0. The minimum atomic E-state index is 0.827. The van der Waals surface area contributed by atoms with Gasteiger partial charge in [-0.3, -0.25) is 0 Å². The highest BCUT2D eigenvalue weighted by atomic mass is 16.5. The summed E-state index contributed by atoms with van der Waals surface area (Å²) in [4.78, 5) is 2.32. The van der Waals surface area contributed by atoms with E-state index < -0.39 is 0 Å². The van der Waals surface area contributed by atoms with Crippen LogP contribution in [0.5, 0.6) is 0 Å². The monoisotopic (exact) mass is 188 g/mol. The van der Waals surface area contributed by atoms with Gasteiger partial charge < -0.3 is 15.0 Å². The van der Waals surface area contributed by atoms with Crippen molar-refractivity contribution in [2.75, 3.05) is 46.9 Å². The van der Waals surface area contributed by atoms with Gasteiger partial charge >= 0.3 is 0 Å². The van der Waals surface area contributed by atoms with E-state index in [1.807, 2.05) is 14.0 Å². The smallest absolute Gasteiger partial charge is 0.0593 e. The fourth-order valence-corrected chi connectivity index (χ4v) is 1.16. The van der Waals surface area contributed by atoms with E-state index in [4.69, 9.17) is 4.74 Å². The molecule has 0 aliphatic rings. The first-order chi connectivity index (χ1) is 6.31. The SMILES string of the molecule is CCOCCN(C)CCCCNC. The van der Waals surface area contributed by atoms with Crippen LogP contribution in [0.4, 0.5) is 0 Å². The van der Waals surface area contributed by atoms with Gasteiger partial charge in [0.2, 0.25) is 0 Å². The summed E-state index contributed by atoms with van der Waals surface area (Å²) in [7, 11) is 4.15. The fraction of sp³-hybridized carbons (Fsp3) is 1.00. The standard InChI is InChI=1S/C10H24N2O/c1-4-13-10-9-12(3)8-6-5-7-11-2/h11H,4-10H2,1-3H3. The topological polar surface area (TPSA) is 24.5 Å². The van der Waals surface area contributed by atoms with E-state index in [0.29, 0.717) is 0 Å². The third-order valence-corrected chi connectivity index (χ3v) is 2.04. The van der Waals surface area contributed by atoms with E-state index in [0.717, 1.165) is 26.3 Å². The Morgan fingerprint density at radius 2 is 2.00 bits per heavy atom. The minimum absolute atomic E-state index is 0.827. The van der Waals surface area contributed by atoms with Crippen molar-refractivity contribution < 1.29 is 4.74 Å². The maximum atomic E-state index is 5.28. The molecule has 1 N–H and O–H groups in total. The van der Waals surface area contributed by atoms with Crippen LogP contribution in [0.1, 0.15) is 19.8 Å². The van der Waals surface area contributed by atoms with E-state index in [2.05, 4.69) is 17.3 Å². The molecule has 0 spiro atoms. The molecule has 3 heteroatoms.